The number of benzene rings is 3. The Bertz CT molecular complexity index is 936. The van der Waals surface area contributed by atoms with Crippen LogP contribution in [0.5, 0.6) is 5.88 Å². The summed E-state index contributed by atoms with van der Waals surface area (Å²) < 4.78 is 5.52. The van der Waals surface area contributed by atoms with Crippen molar-refractivity contribution in [3.63, 3.8) is 0 Å². The van der Waals surface area contributed by atoms with E-state index in [-0.39, 0.29) is 0 Å². The summed E-state index contributed by atoms with van der Waals surface area (Å²) in [7, 11) is 1.66. The van der Waals surface area contributed by atoms with Crippen LogP contribution in [0.1, 0.15) is 0 Å². The standard InChI is InChI=1S/C24H19NO/c1-26-22-17-21(18-11-5-2-6-12-18)23(19-13-7-3-8-14-19)24(25-22)20-15-9-4-10-16-20/h2-17H,1H3. The van der Waals surface area contributed by atoms with Crippen LogP contribution in [0.3, 0.4) is 0 Å². The van der Waals surface area contributed by atoms with Gasteiger partial charge in [0.05, 0.1) is 12.8 Å². The molecule has 0 amide bonds. The van der Waals surface area contributed by atoms with Gasteiger partial charge < -0.3 is 4.74 Å². The second-order valence-corrected chi connectivity index (χ2v) is 6.03. The van der Waals surface area contributed by atoms with E-state index in [1.165, 1.54) is 0 Å². The summed E-state index contributed by atoms with van der Waals surface area (Å²) >= 11 is 0. The normalized spacial score (nSPS) is 10.5. The predicted molar refractivity (Wildman–Crippen MR) is 107 cm³/mol. The molecular formula is C24H19NO. The largest absolute Gasteiger partial charge is 0.481 e. The van der Waals surface area contributed by atoms with Gasteiger partial charge >= 0.3 is 0 Å². The lowest BCUT2D eigenvalue weighted by atomic mass is 9.91. The minimum absolute atomic E-state index is 0.613. The third-order valence-electron chi connectivity index (χ3n) is 4.40. The number of pyridine rings is 1. The van der Waals surface area contributed by atoms with Crippen LogP contribution < -0.4 is 4.74 Å². The molecule has 0 N–H and O–H groups in total. The van der Waals surface area contributed by atoms with Crippen molar-refractivity contribution in [1.82, 2.24) is 4.98 Å². The van der Waals surface area contributed by atoms with E-state index in [4.69, 9.17) is 9.72 Å². The van der Waals surface area contributed by atoms with E-state index in [0.717, 1.165) is 33.5 Å². The summed E-state index contributed by atoms with van der Waals surface area (Å²) in [5.74, 6) is 0.613. The molecule has 4 rings (SSSR count). The van der Waals surface area contributed by atoms with E-state index in [1.807, 2.05) is 36.4 Å². The topological polar surface area (TPSA) is 22.1 Å². The fourth-order valence-electron chi connectivity index (χ4n) is 3.17. The molecule has 0 spiro atoms. The zero-order valence-electron chi connectivity index (χ0n) is 14.6. The fourth-order valence-corrected chi connectivity index (χ4v) is 3.17. The quantitative estimate of drug-likeness (QED) is 0.449. The van der Waals surface area contributed by atoms with Crippen LogP contribution >= 0.6 is 0 Å². The van der Waals surface area contributed by atoms with Crippen molar-refractivity contribution in [3.8, 4) is 39.4 Å². The molecule has 3 aromatic carbocycles. The Morgan fingerprint density at radius 1 is 0.615 bits per heavy atom. The summed E-state index contributed by atoms with van der Waals surface area (Å²) in [6.45, 7) is 0. The maximum absolute atomic E-state index is 5.52. The maximum Gasteiger partial charge on any atom is 0.214 e. The maximum atomic E-state index is 5.52. The number of nitrogens with zero attached hydrogens (tertiary/aromatic N) is 1. The molecule has 126 valence electrons. The monoisotopic (exact) mass is 337 g/mol. The molecule has 0 saturated heterocycles. The van der Waals surface area contributed by atoms with Crippen LogP contribution in [-0.2, 0) is 0 Å². The molecule has 1 aromatic heterocycles. The summed E-state index contributed by atoms with van der Waals surface area (Å²) in [6, 6.07) is 33.1. The molecule has 0 aliphatic rings. The van der Waals surface area contributed by atoms with Crippen LogP contribution in [0, 0.1) is 0 Å². The molecule has 0 aliphatic heterocycles. The lowest BCUT2D eigenvalue weighted by Crippen LogP contribution is -1.97. The molecule has 0 atom stereocenters. The molecule has 26 heavy (non-hydrogen) atoms. The zero-order chi connectivity index (χ0) is 17.8. The average molecular weight is 337 g/mol. The molecule has 0 fully saturated rings. The van der Waals surface area contributed by atoms with E-state index in [9.17, 15) is 0 Å². The van der Waals surface area contributed by atoms with Gasteiger partial charge in [-0.25, -0.2) is 4.98 Å². The van der Waals surface area contributed by atoms with Crippen molar-refractivity contribution in [2.45, 2.75) is 0 Å². The summed E-state index contributed by atoms with van der Waals surface area (Å²) in [5, 5.41) is 0. The first-order valence-corrected chi connectivity index (χ1v) is 8.62. The highest BCUT2D eigenvalue weighted by molar-refractivity contribution is 5.93. The van der Waals surface area contributed by atoms with Crippen molar-refractivity contribution in [2.75, 3.05) is 7.11 Å². The smallest absolute Gasteiger partial charge is 0.214 e. The van der Waals surface area contributed by atoms with Crippen LogP contribution in [0.25, 0.3) is 33.5 Å². The van der Waals surface area contributed by atoms with Gasteiger partial charge in [-0.15, -0.1) is 0 Å². The van der Waals surface area contributed by atoms with Crippen LogP contribution in [0.4, 0.5) is 0 Å². The summed E-state index contributed by atoms with van der Waals surface area (Å²) in [4.78, 5) is 4.80. The van der Waals surface area contributed by atoms with E-state index in [0.29, 0.717) is 5.88 Å². The number of hydrogen-bond acceptors (Lipinski definition) is 2. The third-order valence-corrected chi connectivity index (χ3v) is 4.40. The van der Waals surface area contributed by atoms with E-state index < -0.39 is 0 Å². The molecule has 1 heterocycles. The van der Waals surface area contributed by atoms with Gasteiger partial charge in [-0.2, -0.15) is 0 Å². The van der Waals surface area contributed by atoms with Crippen LogP contribution in [0.15, 0.2) is 97.1 Å². The Hall–Kier alpha value is -3.39. The second kappa shape index (κ2) is 7.24. The minimum Gasteiger partial charge on any atom is -0.481 e. The molecule has 0 saturated carbocycles. The first kappa shape index (κ1) is 16.1. The van der Waals surface area contributed by atoms with Gasteiger partial charge in [0, 0.05) is 17.2 Å². The molecule has 0 radical (unpaired) electrons. The summed E-state index contributed by atoms with van der Waals surface area (Å²) in [5.41, 5.74) is 6.51. The molecule has 2 nitrogen and oxygen atoms in total. The summed E-state index contributed by atoms with van der Waals surface area (Å²) in [6.07, 6.45) is 0. The highest BCUT2D eigenvalue weighted by Crippen LogP contribution is 2.40. The molecule has 0 aliphatic carbocycles. The van der Waals surface area contributed by atoms with Crippen LogP contribution in [-0.4, -0.2) is 12.1 Å². The highest BCUT2D eigenvalue weighted by Gasteiger charge is 2.17. The van der Waals surface area contributed by atoms with Crippen molar-refractivity contribution in [2.24, 2.45) is 0 Å². The van der Waals surface area contributed by atoms with E-state index >= 15 is 0 Å². The lowest BCUT2D eigenvalue weighted by Gasteiger charge is -2.17. The van der Waals surface area contributed by atoms with Gasteiger partial charge in [0.1, 0.15) is 0 Å². The number of aromatic nitrogens is 1. The van der Waals surface area contributed by atoms with Gasteiger partial charge in [-0.1, -0.05) is 91.0 Å². The number of ether oxygens (including phenoxy) is 1. The average Bonchev–Trinajstić information content (AvgIpc) is 2.74. The first-order valence-electron chi connectivity index (χ1n) is 8.62. The Labute approximate surface area is 153 Å². The molecular weight excluding hydrogens is 318 g/mol. The van der Waals surface area contributed by atoms with Crippen molar-refractivity contribution >= 4 is 0 Å². The van der Waals surface area contributed by atoms with Gasteiger partial charge in [-0.05, 0) is 16.7 Å². The number of hydrogen-bond donors (Lipinski definition) is 0. The highest BCUT2D eigenvalue weighted by atomic mass is 16.5. The Balaban J connectivity index is 2.07. The van der Waals surface area contributed by atoms with Gasteiger partial charge in [0.25, 0.3) is 0 Å². The lowest BCUT2D eigenvalue weighted by molar-refractivity contribution is 0.399. The Morgan fingerprint density at radius 2 is 1.12 bits per heavy atom. The molecule has 4 aromatic rings. The predicted octanol–water partition coefficient (Wildman–Crippen LogP) is 6.09. The minimum atomic E-state index is 0.613. The van der Waals surface area contributed by atoms with E-state index in [1.54, 1.807) is 7.11 Å². The van der Waals surface area contributed by atoms with Gasteiger partial charge in [0.2, 0.25) is 5.88 Å². The fraction of sp³-hybridized carbons (Fsp3) is 0.0417. The zero-order valence-corrected chi connectivity index (χ0v) is 14.6. The van der Waals surface area contributed by atoms with Crippen LogP contribution in [0.2, 0.25) is 0 Å². The third kappa shape index (κ3) is 3.09. The molecule has 2 heteroatoms. The first-order chi connectivity index (χ1) is 12.9. The van der Waals surface area contributed by atoms with Gasteiger partial charge in [-0.3, -0.25) is 0 Å². The number of methoxy groups -OCH3 is 1. The second-order valence-electron chi connectivity index (χ2n) is 6.03. The SMILES string of the molecule is COc1cc(-c2ccccc2)c(-c2ccccc2)c(-c2ccccc2)n1. The Morgan fingerprint density at radius 3 is 1.65 bits per heavy atom. The van der Waals surface area contributed by atoms with Crippen molar-refractivity contribution in [3.05, 3.63) is 97.1 Å². The molecule has 0 bridgehead atoms. The number of rotatable bonds is 4. The molecule has 0 unspecified atom stereocenters. The van der Waals surface area contributed by atoms with Crippen molar-refractivity contribution in [1.29, 1.82) is 0 Å². The van der Waals surface area contributed by atoms with Gasteiger partial charge in [0.15, 0.2) is 0 Å². The van der Waals surface area contributed by atoms with Crippen molar-refractivity contribution < 1.29 is 4.74 Å². The Kier molecular flexibility index (Phi) is 4.48. The van der Waals surface area contributed by atoms with E-state index in [2.05, 4.69) is 60.7 Å².